The highest BCUT2D eigenvalue weighted by Gasteiger charge is 2.16. The highest BCUT2D eigenvalue weighted by Crippen LogP contribution is 2.36. The Hall–Kier alpha value is -1.58. The monoisotopic (exact) mass is 256 g/mol. The van der Waals surface area contributed by atoms with Crippen LogP contribution in [-0.2, 0) is 0 Å². The van der Waals surface area contributed by atoms with Crippen LogP contribution in [0.25, 0.3) is 21.5 Å². The summed E-state index contributed by atoms with van der Waals surface area (Å²) in [5.41, 5.74) is 11.0. The molecule has 0 fully saturated rings. The van der Waals surface area contributed by atoms with Crippen LogP contribution >= 0.6 is 11.3 Å². The number of fused-ring (bicyclic) bond motifs is 1. The first-order valence-electron chi connectivity index (χ1n) is 6.08. The van der Waals surface area contributed by atoms with E-state index in [1.54, 1.807) is 11.3 Å². The van der Waals surface area contributed by atoms with Crippen molar-refractivity contribution in [1.82, 2.24) is 4.98 Å². The molecule has 2 heterocycles. The maximum absolute atomic E-state index is 6.17. The Kier molecular flexibility index (Phi) is 2.73. The molecule has 0 amide bonds. The van der Waals surface area contributed by atoms with Gasteiger partial charge in [0.1, 0.15) is 0 Å². The van der Waals surface area contributed by atoms with Gasteiger partial charge in [0.05, 0.1) is 10.6 Å². The Bertz CT molecular complexity index is 678. The number of aryl methyl sites for hydroxylation is 1. The minimum atomic E-state index is 0.0256. The fourth-order valence-electron chi connectivity index (χ4n) is 2.41. The van der Waals surface area contributed by atoms with Crippen molar-refractivity contribution in [3.05, 3.63) is 46.8 Å². The van der Waals surface area contributed by atoms with Gasteiger partial charge < -0.3 is 10.7 Å². The minimum Gasteiger partial charge on any atom is -0.354 e. The molecule has 92 valence electrons. The third-order valence-corrected chi connectivity index (χ3v) is 4.10. The summed E-state index contributed by atoms with van der Waals surface area (Å²) >= 11 is 1.74. The van der Waals surface area contributed by atoms with Gasteiger partial charge in [-0.3, -0.25) is 0 Å². The van der Waals surface area contributed by atoms with Crippen molar-refractivity contribution in [2.24, 2.45) is 5.73 Å². The van der Waals surface area contributed by atoms with Crippen LogP contribution in [0.4, 0.5) is 0 Å². The highest BCUT2D eigenvalue weighted by molar-refractivity contribution is 7.13. The van der Waals surface area contributed by atoms with Crippen LogP contribution in [0.5, 0.6) is 0 Å². The number of hydrogen-bond donors (Lipinski definition) is 2. The lowest BCUT2D eigenvalue weighted by atomic mass is 10.0. The summed E-state index contributed by atoms with van der Waals surface area (Å²) in [4.78, 5) is 4.75. The second kappa shape index (κ2) is 4.26. The van der Waals surface area contributed by atoms with Gasteiger partial charge in [-0.15, -0.1) is 11.3 Å². The van der Waals surface area contributed by atoms with Gasteiger partial charge in [0.15, 0.2) is 0 Å². The molecule has 0 radical (unpaired) electrons. The van der Waals surface area contributed by atoms with Gasteiger partial charge >= 0.3 is 0 Å². The zero-order valence-electron chi connectivity index (χ0n) is 10.5. The molecule has 3 aromatic rings. The Morgan fingerprint density at radius 2 is 2.11 bits per heavy atom. The third-order valence-electron chi connectivity index (χ3n) is 3.22. The van der Waals surface area contributed by atoms with Gasteiger partial charge in [0.25, 0.3) is 0 Å². The Morgan fingerprint density at radius 3 is 2.78 bits per heavy atom. The smallest absolute Gasteiger partial charge is 0.0614 e. The molecule has 3 heteroatoms. The van der Waals surface area contributed by atoms with Crippen molar-refractivity contribution >= 4 is 22.2 Å². The van der Waals surface area contributed by atoms with Crippen LogP contribution in [0.1, 0.15) is 24.1 Å². The second-order valence-electron chi connectivity index (χ2n) is 4.73. The van der Waals surface area contributed by atoms with Crippen LogP contribution in [-0.4, -0.2) is 4.98 Å². The molecule has 2 aromatic heterocycles. The van der Waals surface area contributed by atoms with Crippen LogP contribution in [0, 0.1) is 6.92 Å². The standard InChI is InChI=1S/C15H16N2S/c1-9-5-6-12-11(8-9)14(10(2)16)15(17-12)13-4-3-7-18-13/h3-8,10,17H,16H2,1-2H3. The maximum atomic E-state index is 6.17. The Balaban J connectivity index is 2.35. The number of thiophene rings is 1. The molecular formula is C15H16N2S. The Morgan fingerprint density at radius 1 is 1.28 bits per heavy atom. The second-order valence-corrected chi connectivity index (χ2v) is 5.68. The fraction of sp³-hybridized carbons (Fsp3) is 0.200. The molecule has 0 spiro atoms. The lowest BCUT2D eigenvalue weighted by Gasteiger charge is -2.07. The molecule has 3 rings (SSSR count). The first-order chi connectivity index (χ1) is 8.66. The van der Waals surface area contributed by atoms with Gasteiger partial charge in [-0.05, 0) is 37.4 Å². The van der Waals surface area contributed by atoms with Crippen LogP contribution in [0.3, 0.4) is 0 Å². The highest BCUT2D eigenvalue weighted by atomic mass is 32.1. The average molecular weight is 256 g/mol. The molecule has 3 N–H and O–H groups in total. The molecule has 2 nitrogen and oxygen atoms in total. The molecule has 0 bridgehead atoms. The largest absolute Gasteiger partial charge is 0.354 e. The molecule has 0 aliphatic rings. The molecule has 1 aromatic carbocycles. The van der Waals surface area contributed by atoms with Crippen molar-refractivity contribution in [2.45, 2.75) is 19.9 Å². The zero-order valence-corrected chi connectivity index (χ0v) is 11.3. The van der Waals surface area contributed by atoms with Crippen molar-refractivity contribution in [1.29, 1.82) is 0 Å². The number of aromatic nitrogens is 1. The summed E-state index contributed by atoms with van der Waals surface area (Å²) in [5, 5.41) is 3.34. The SMILES string of the molecule is Cc1ccc2[nH]c(-c3cccs3)c(C(C)N)c2c1. The van der Waals surface area contributed by atoms with E-state index in [0.29, 0.717) is 0 Å². The van der Waals surface area contributed by atoms with Gasteiger partial charge in [-0.25, -0.2) is 0 Å². The van der Waals surface area contributed by atoms with E-state index in [4.69, 9.17) is 5.73 Å². The number of aromatic amines is 1. The summed E-state index contributed by atoms with van der Waals surface area (Å²) in [6.45, 7) is 4.16. The summed E-state index contributed by atoms with van der Waals surface area (Å²) in [7, 11) is 0. The number of rotatable bonds is 2. The van der Waals surface area contributed by atoms with E-state index in [2.05, 4.69) is 47.6 Å². The summed E-state index contributed by atoms with van der Waals surface area (Å²) < 4.78 is 0. The van der Waals surface area contributed by atoms with Crippen LogP contribution in [0.15, 0.2) is 35.7 Å². The van der Waals surface area contributed by atoms with Crippen molar-refractivity contribution in [3.63, 3.8) is 0 Å². The minimum absolute atomic E-state index is 0.0256. The van der Waals surface area contributed by atoms with Gasteiger partial charge in [-0.2, -0.15) is 0 Å². The van der Waals surface area contributed by atoms with Gasteiger partial charge in [-0.1, -0.05) is 17.7 Å². The third kappa shape index (κ3) is 1.76. The van der Waals surface area contributed by atoms with E-state index in [1.807, 2.05) is 6.92 Å². The quantitative estimate of drug-likeness (QED) is 0.708. The summed E-state index contributed by atoms with van der Waals surface area (Å²) in [6.07, 6.45) is 0. The van der Waals surface area contributed by atoms with Gasteiger partial charge in [0, 0.05) is 22.5 Å². The van der Waals surface area contributed by atoms with Gasteiger partial charge in [0.2, 0.25) is 0 Å². The van der Waals surface area contributed by atoms with E-state index < -0.39 is 0 Å². The van der Waals surface area contributed by atoms with Crippen LogP contribution in [0.2, 0.25) is 0 Å². The first kappa shape index (κ1) is 11.5. The lowest BCUT2D eigenvalue weighted by molar-refractivity contribution is 0.829. The number of nitrogens with two attached hydrogens (primary N) is 1. The first-order valence-corrected chi connectivity index (χ1v) is 6.96. The molecule has 0 saturated carbocycles. The predicted molar refractivity (Wildman–Crippen MR) is 79.0 cm³/mol. The van der Waals surface area contributed by atoms with E-state index >= 15 is 0 Å². The molecular weight excluding hydrogens is 240 g/mol. The van der Waals surface area contributed by atoms with E-state index in [0.717, 1.165) is 5.52 Å². The molecule has 1 atom stereocenters. The predicted octanol–water partition coefficient (Wildman–Crippen LogP) is 4.22. The number of H-pyrrole nitrogens is 1. The van der Waals surface area contributed by atoms with Crippen molar-refractivity contribution in [3.8, 4) is 10.6 Å². The molecule has 0 aliphatic heterocycles. The van der Waals surface area contributed by atoms with Crippen molar-refractivity contribution in [2.75, 3.05) is 0 Å². The van der Waals surface area contributed by atoms with Crippen molar-refractivity contribution < 1.29 is 0 Å². The summed E-state index contributed by atoms with van der Waals surface area (Å²) in [5.74, 6) is 0. The zero-order chi connectivity index (χ0) is 12.7. The number of nitrogens with one attached hydrogen (secondary N) is 1. The fourth-order valence-corrected chi connectivity index (χ4v) is 3.15. The lowest BCUT2D eigenvalue weighted by Crippen LogP contribution is -2.05. The number of hydrogen-bond acceptors (Lipinski definition) is 2. The number of benzene rings is 1. The van der Waals surface area contributed by atoms with E-state index in [1.165, 1.54) is 27.1 Å². The molecule has 0 aliphatic carbocycles. The molecule has 1 unspecified atom stereocenters. The average Bonchev–Trinajstić information content (AvgIpc) is 2.94. The van der Waals surface area contributed by atoms with E-state index in [9.17, 15) is 0 Å². The molecule has 18 heavy (non-hydrogen) atoms. The topological polar surface area (TPSA) is 41.8 Å². The summed E-state index contributed by atoms with van der Waals surface area (Å²) in [6, 6.07) is 10.7. The Labute approximate surface area is 110 Å². The van der Waals surface area contributed by atoms with Crippen LogP contribution < -0.4 is 5.73 Å². The maximum Gasteiger partial charge on any atom is 0.0614 e. The molecule has 0 saturated heterocycles. The van der Waals surface area contributed by atoms with E-state index in [-0.39, 0.29) is 6.04 Å². The normalized spacial score (nSPS) is 13.1.